The molecule has 5 heteroatoms. The fourth-order valence-corrected chi connectivity index (χ4v) is 2.08. The maximum absolute atomic E-state index is 5.71. The molecule has 3 rings (SSSR count). The number of fused-ring (bicyclic) bond motifs is 1. The van der Waals surface area contributed by atoms with Crippen LogP contribution in [-0.4, -0.2) is 31.3 Å². The standard InChI is InChI=1S/C11H11ClN2O2/c12-11-13-9-2-1-8(7-10(9)16-11)14-3-5-15-6-4-14/h1-2,7H,3-6H2. The van der Waals surface area contributed by atoms with Crippen molar-refractivity contribution < 1.29 is 9.15 Å². The lowest BCUT2D eigenvalue weighted by atomic mass is 10.2. The Morgan fingerprint density at radius 3 is 2.88 bits per heavy atom. The molecule has 2 aromatic rings. The van der Waals surface area contributed by atoms with Gasteiger partial charge in [0, 0.05) is 24.8 Å². The first-order valence-electron chi connectivity index (χ1n) is 5.22. The molecule has 1 aromatic carbocycles. The molecule has 0 unspecified atom stereocenters. The number of benzene rings is 1. The molecule has 1 aliphatic rings. The van der Waals surface area contributed by atoms with Crippen molar-refractivity contribution in [3.8, 4) is 0 Å². The van der Waals surface area contributed by atoms with Crippen molar-refractivity contribution in [1.82, 2.24) is 4.98 Å². The van der Waals surface area contributed by atoms with Gasteiger partial charge in [-0.1, -0.05) is 0 Å². The molecular weight excluding hydrogens is 228 g/mol. The fraction of sp³-hybridized carbons (Fsp3) is 0.364. The van der Waals surface area contributed by atoms with E-state index in [2.05, 4.69) is 9.88 Å². The second-order valence-corrected chi connectivity index (χ2v) is 4.04. The number of hydrogen-bond donors (Lipinski definition) is 0. The quantitative estimate of drug-likeness (QED) is 0.764. The Balaban J connectivity index is 1.97. The fourth-order valence-electron chi connectivity index (χ4n) is 1.90. The highest BCUT2D eigenvalue weighted by atomic mass is 35.5. The Labute approximate surface area is 97.8 Å². The van der Waals surface area contributed by atoms with Gasteiger partial charge in [0.05, 0.1) is 13.2 Å². The molecule has 1 aromatic heterocycles. The lowest BCUT2D eigenvalue weighted by Gasteiger charge is -2.28. The van der Waals surface area contributed by atoms with Gasteiger partial charge in [0.15, 0.2) is 5.58 Å². The topological polar surface area (TPSA) is 38.5 Å². The summed E-state index contributed by atoms with van der Waals surface area (Å²) < 4.78 is 10.6. The lowest BCUT2D eigenvalue weighted by Crippen LogP contribution is -2.36. The summed E-state index contributed by atoms with van der Waals surface area (Å²) in [5, 5.41) is 0.189. The number of anilines is 1. The van der Waals surface area contributed by atoms with Gasteiger partial charge >= 0.3 is 0 Å². The minimum atomic E-state index is 0.189. The minimum absolute atomic E-state index is 0.189. The van der Waals surface area contributed by atoms with Gasteiger partial charge < -0.3 is 14.1 Å². The summed E-state index contributed by atoms with van der Waals surface area (Å²) in [4.78, 5) is 6.32. The van der Waals surface area contributed by atoms with Crippen molar-refractivity contribution in [1.29, 1.82) is 0 Å². The molecule has 1 fully saturated rings. The van der Waals surface area contributed by atoms with Gasteiger partial charge in [0.1, 0.15) is 5.52 Å². The molecule has 0 spiro atoms. The van der Waals surface area contributed by atoms with E-state index in [1.165, 1.54) is 0 Å². The average molecular weight is 239 g/mol. The minimum Gasteiger partial charge on any atom is -0.427 e. The van der Waals surface area contributed by atoms with E-state index in [1.807, 2.05) is 18.2 Å². The monoisotopic (exact) mass is 238 g/mol. The van der Waals surface area contributed by atoms with Gasteiger partial charge in [-0.3, -0.25) is 0 Å². The Morgan fingerprint density at radius 2 is 2.06 bits per heavy atom. The predicted molar refractivity (Wildman–Crippen MR) is 62.1 cm³/mol. The van der Waals surface area contributed by atoms with Crippen molar-refractivity contribution in [2.24, 2.45) is 0 Å². The van der Waals surface area contributed by atoms with E-state index >= 15 is 0 Å². The molecule has 0 atom stereocenters. The Hall–Kier alpha value is -1.26. The maximum Gasteiger partial charge on any atom is 0.293 e. The largest absolute Gasteiger partial charge is 0.427 e. The number of hydrogen-bond acceptors (Lipinski definition) is 4. The third-order valence-electron chi connectivity index (χ3n) is 2.72. The van der Waals surface area contributed by atoms with E-state index in [4.69, 9.17) is 20.8 Å². The molecule has 4 nitrogen and oxygen atoms in total. The van der Waals surface area contributed by atoms with Gasteiger partial charge in [0.2, 0.25) is 0 Å². The first-order chi connectivity index (χ1) is 7.83. The molecule has 1 aliphatic heterocycles. The summed E-state index contributed by atoms with van der Waals surface area (Å²) in [5.74, 6) is 0. The highest BCUT2D eigenvalue weighted by Gasteiger charge is 2.12. The summed E-state index contributed by atoms with van der Waals surface area (Å²) >= 11 is 5.71. The Morgan fingerprint density at radius 1 is 1.25 bits per heavy atom. The number of aromatic nitrogens is 1. The van der Waals surface area contributed by atoms with Crippen molar-refractivity contribution >= 4 is 28.4 Å². The van der Waals surface area contributed by atoms with E-state index in [0.717, 1.165) is 43.1 Å². The third-order valence-corrected chi connectivity index (χ3v) is 2.88. The molecule has 0 N–H and O–H groups in total. The molecule has 1 saturated heterocycles. The number of morpholine rings is 1. The Bertz CT molecular complexity index is 506. The van der Waals surface area contributed by atoms with Gasteiger partial charge in [-0.05, 0) is 23.7 Å². The van der Waals surface area contributed by atoms with Crippen molar-refractivity contribution in [3.63, 3.8) is 0 Å². The van der Waals surface area contributed by atoms with E-state index in [9.17, 15) is 0 Å². The number of rotatable bonds is 1. The molecule has 0 bridgehead atoms. The first-order valence-corrected chi connectivity index (χ1v) is 5.59. The number of oxazole rings is 1. The van der Waals surface area contributed by atoms with Crippen LogP contribution < -0.4 is 4.90 Å². The van der Waals surface area contributed by atoms with Crippen LogP contribution in [0.3, 0.4) is 0 Å². The van der Waals surface area contributed by atoms with Crippen LogP contribution in [0.5, 0.6) is 0 Å². The van der Waals surface area contributed by atoms with Crippen molar-refractivity contribution in [2.45, 2.75) is 0 Å². The van der Waals surface area contributed by atoms with Crippen LogP contribution in [0.4, 0.5) is 5.69 Å². The normalized spacial score (nSPS) is 16.9. The number of halogens is 1. The van der Waals surface area contributed by atoms with Crippen LogP contribution in [0.25, 0.3) is 11.1 Å². The van der Waals surface area contributed by atoms with Gasteiger partial charge in [-0.2, -0.15) is 4.98 Å². The zero-order chi connectivity index (χ0) is 11.0. The van der Waals surface area contributed by atoms with E-state index in [-0.39, 0.29) is 5.35 Å². The second kappa shape index (κ2) is 3.96. The van der Waals surface area contributed by atoms with Gasteiger partial charge in [-0.25, -0.2) is 0 Å². The highest BCUT2D eigenvalue weighted by Crippen LogP contribution is 2.25. The molecule has 16 heavy (non-hydrogen) atoms. The van der Waals surface area contributed by atoms with Crippen LogP contribution in [0.15, 0.2) is 22.6 Å². The molecule has 0 saturated carbocycles. The summed E-state index contributed by atoms with van der Waals surface area (Å²) in [5.41, 5.74) is 2.65. The SMILES string of the molecule is Clc1nc2ccc(N3CCOCC3)cc2o1. The summed E-state index contributed by atoms with van der Waals surface area (Å²) in [6, 6.07) is 5.93. The molecule has 84 valence electrons. The molecule has 0 aliphatic carbocycles. The second-order valence-electron chi connectivity index (χ2n) is 3.72. The Kier molecular flexibility index (Phi) is 2.46. The van der Waals surface area contributed by atoms with Crippen LogP contribution in [-0.2, 0) is 4.74 Å². The lowest BCUT2D eigenvalue weighted by molar-refractivity contribution is 0.122. The smallest absolute Gasteiger partial charge is 0.293 e. The van der Waals surface area contributed by atoms with Crippen molar-refractivity contribution in [3.05, 3.63) is 23.5 Å². The summed E-state index contributed by atoms with van der Waals surface area (Å²) in [7, 11) is 0. The molecule has 0 radical (unpaired) electrons. The average Bonchev–Trinajstić information content (AvgIpc) is 2.69. The van der Waals surface area contributed by atoms with Gasteiger partial charge in [0.25, 0.3) is 5.35 Å². The van der Waals surface area contributed by atoms with Gasteiger partial charge in [-0.15, -0.1) is 0 Å². The van der Waals surface area contributed by atoms with Crippen LogP contribution in [0.2, 0.25) is 5.35 Å². The molecule has 0 amide bonds. The van der Waals surface area contributed by atoms with Crippen LogP contribution in [0.1, 0.15) is 0 Å². The number of nitrogens with zero attached hydrogens (tertiary/aromatic N) is 2. The third kappa shape index (κ3) is 1.74. The van der Waals surface area contributed by atoms with Crippen molar-refractivity contribution in [2.75, 3.05) is 31.2 Å². The maximum atomic E-state index is 5.71. The molecular formula is C11H11ClN2O2. The van der Waals surface area contributed by atoms with E-state index < -0.39 is 0 Å². The van der Waals surface area contributed by atoms with E-state index in [1.54, 1.807) is 0 Å². The van der Waals surface area contributed by atoms with Crippen LogP contribution in [0, 0.1) is 0 Å². The highest BCUT2D eigenvalue weighted by molar-refractivity contribution is 6.28. The predicted octanol–water partition coefficient (Wildman–Crippen LogP) is 2.32. The summed E-state index contributed by atoms with van der Waals surface area (Å²) in [6.07, 6.45) is 0. The van der Waals surface area contributed by atoms with E-state index in [0.29, 0.717) is 0 Å². The number of ether oxygens (including phenoxy) is 1. The molecule has 2 heterocycles. The first kappa shape index (κ1) is 9.93. The zero-order valence-electron chi connectivity index (χ0n) is 8.65. The van der Waals surface area contributed by atoms with Crippen LogP contribution >= 0.6 is 11.6 Å². The zero-order valence-corrected chi connectivity index (χ0v) is 9.41. The summed E-state index contributed by atoms with van der Waals surface area (Å²) in [6.45, 7) is 3.37.